The van der Waals surface area contributed by atoms with Gasteiger partial charge in [-0.1, -0.05) is 66.7 Å². The van der Waals surface area contributed by atoms with E-state index in [0.717, 1.165) is 22.3 Å². The topological polar surface area (TPSA) is 37.4 Å². The molecule has 5 rings (SSSR count). The van der Waals surface area contributed by atoms with Crippen molar-refractivity contribution in [2.75, 3.05) is 4.90 Å². The van der Waals surface area contributed by atoms with Gasteiger partial charge in [0.05, 0.1) is 5.69 Å². The molecule has 0 spiro atoms. The Morgan fingerprint density at radius 1 is 0.786 bits per heavy atom. The van der Waals surface area contributed by atoms with Crippen LogP contribution >= 0.6 is 0 Å². The monoisotopic (exact) mass is 365 g/mol. The fourth-order valence-corrected chi connectivity index (χ4v) is 4.58. The van der Waals surface area contributed by atoms with Crippen LogP contribution in [0.5, 0.6) is 0 Å². The molecule has 0 aliphatic carbocycles. The minimum atomic E-state index is -1.03. The second-order valence-corrected chi connectivity index (χ2v) is 7.41. The molecule has 0 saturated carbocycles. The number of para-hydroxylation sites is 1. The number of carbonyl (C=O) groups excluding carboxylic acids is 2. The van der Waals surface area contributed by atoms with Crippen LogP contribution in [0.25, 0.3) is 5.57 Å². The van der Waals surface area contributed by atoms with Crippen molar-refractivity contribution in [3.63, 3.8) is 0 Å². The van der Waals surface area contributed by atoms with E-state index in [4.69, 9.17) is 0 Å². The summed E-state index contributed by atoms with van der Waals surface area (Å²) in [4.78, 5) is 28.8. The molecule has 0 bridgehead atoms. The maximum atomic E-state index is 13.7. The number of rotatable bonds is 2. The van der Waals surface area contributed by atoms with Gasteiger partial charge in [0.15, 0.2) is 5.78 Å². The number of hydrogen-bond donors (Lipinski definition) is 0. The number of fused-ring (bicyclic) bond motifs is 3. The average molecular weight is 365 g/mol. The number of Topliss-reactive ketones (excluding diaryl/α,β-unsaturated/α-hetero) is 1. The quantitative estimate of drug-likeness (QED) is 0.647. The summed E-state index contributed by atoms with van der Waals surface area (Å²) >= 11 is 0. The highest BCUT2D eigenvalue weighted by atomic mass is 16.2. The summed E-state index contributed by atoms with van der Waals surface area (Å²) < 4.78 is 0. The van der Waals surface area contributed by atoms with Crippen molar-refractivity contribution in [1.82, 2.24) is 0 Å². The fraction of sp³-hybridized carbons (Fsp3) is 0.120. The Balaban J connectivity index is 1.77. The number of carbonyl (C=O) groups is 2. The molecule has 0 saturated heterocycles. The summed E-state index contributed by atoms with van der Waals surface area (Å²) in [5.41, 5.74) is 4.15. The number of ketones is 1. The molecule has 3 heteroatoms. The lowest BCUT2D eigenvalue weighted by Gasteiger charge is -2.41. The molecule has 0 fully saturated rings. The standard InChI is InChI=1S/C25H19NO2/c1-17-9-5-6-12-20(17)18-15-23(27)26-22-14-8-7-13-21(22)24(28)25(26,16-18)19-10-3-2-4-11-19/h2-15H,16H2,1H3/t25-/m0/s1. The van der Waals surface area contributed by atoms with Crippen molar-refractivity contribution >= 4 is 23.0 Å². The zero-order valence-corrected chi connectivity index (χ0v) is 15.6. The first-order chi connectivity index (χ1) is 13.6. The molecule has 3 aromatic carbocycles. The van der Waals surface area contributed by atoms with Gasteiger partial charge < -0.3 is 0 Å². The maximum Gasteiger partial charge on any atom is 0.252 e. The number of hydrogen-bond acceptors (Lipinski definition) is 2. The molecule has 1 atom stereocenters. The van der Waals surface area contributed by atoms with Gasteiger partial charge in [0.2, 0.25) is 0 Å². The van der Waals surface area contributed by atoms with Crippen molar-refractivity contribution < 1.29 is 9.59 Å². The molecule has 28 heavy (non-hydrogen) atoms. The predicted octanol–water partition coefficient (Wildman–Crippen LogP) is 4.91. The van der Waals surface area contributed by atoms with Crippen molar-refractivity contribution in [3.8, 4) is 0 Å². The number of nitrogens with zero attached hydrogens (tertiary/aromatic N) is 1. The Morgan fingerprint density at radius 2 is 1.43 bits per heavy atom. The van der Waals surface area contributed by atoms with Gasteiger partial charge in [0.25, 0.3) is 5.91 Å². The van der Waals surface area contributed by atoms with Gasteiger partial charge in [-0.3, -0.25) is 14.5 Å². The summed E-state index contributed by atoms with van der Waals surface area (Å²) in [7, 11) is 0. The highest BCUT2D eigenvalue weighted by molar-refractivity contribution is 6.25. The zero-order chi connectivity index (χ0) is 19.3. The van der Waals surface area contributed by atoms with Crippen LogP contribution < -0.4 is 4.90 Å². The van der Waals surface area contributed by atoms with Gasteiger partial charge in [0.1, 0.15) is 5.54 Å². The third kappa shape index (κ3) is 2.16. The largest absolute Gasteiger partial charge is 0.291 e. The average Bonchev–Trinajstić information content (AvgIpc) is 2.99. The molecule has 2 heterocycles. The molecule has 2 aliphatic rings. The van der Waals surface area contributed by atoms with Crippen LogP contribution in [0, 0.1) is 6.92 Å². The third-order valence-corrected chi connectivity index (χ3v) is 5.85. The van der Waals surface area contributed by atoms with Crippen molar-refractivity contribution in [2.24, 2.45) is 0 Å². The molecule has 0 aromatic heterocycles. The van der Waals surface area contributed by atoms with E-state index < -0.39 is 5.54 Å². The summed E-state index contributed by atoms with van der Waals surface area (Å²) in [5.74, 6) is -0.159. The molecule has 1 amide bonds. The molecule has 0 unspecified atom stereocenters. The van der Waals surface area contributed by atoms with E-state index in [1.54, 1.807) is 11.0 Å². The van der Waals surface area contributed by atoms with Crippen LogP contribution in [0.4, 0.5) is 5.69 Å². The van der Waals surface area contributed by atoms with E-state index in [9.17, 15) is 9.59 Å². The lowest BCUT2D eigenvalue weighted by molar-refractivity contribution is -0.115. The van der Waals surface area contributed by atoms with E-state index in [2.05, 4.69) is 0 Å². The maximum absolute atomic E-state index is 13.7. The predicted molar refractivity (Wildman–Crippen MR) is 110 cm³/mol. The van der Waals surface area contributed by atoms with Gasteiger partial charge >= 0.3 is 0 Å². The van der Waals surface area contributed by atoms with Crippen molar-refractivity contribution in [2.45, 2.75) is 18.9 Å². The van der Waals surface area contributed by atoms with E-state index in [1.807, 2.05) is 85.8 Å². The summed E-state index contributed by atoms with van der Waals surface area (Å²) in [5, 5.41) is 0. The lowest BCUT2D eigenvalue weighted by atomic mass is 9.75. The van der Waals surface area contributed by atoms with Crippen LogP contribution in [0.1, 0.15) is 33.5 Å². The number of aryl methyl sites for hydroxylation is 1. The zero-order valence-electron chi connectivity index (χ0n) is 15.6. The summed E-state index contributed by atoms with van der Waals surface area (Å²) in [6, 6.07) is 25.1. The molecular weight excluding hydrogens is 346 g/mol. The second-order valence-electron chi connectivity index (χ2n) is 7.41. The van der Waals surface area contributed by atoms with Crippen molar-refractivity contribution in [1.29, 1.82) is 0 Å². The molecule has 0 N–H and O–H groups in total. The number of benzene rings is 3. The fourth-order valence-electron chi connectivity index (χ4n) is 4.58. The Kier molecular flexibility index (Phi) is 3.59. The lowest BCUT2D eigenvalue weighted by Crippen LogP contribution is -2.52. The van der Waals surface area contributed by atoms with E-state index in [1.165, 1.54) is 0 Å². The van der Waals surface area contributed by atoms with Crippen LogP contribution in [0.3, 0.4) is 0 Å². The Morgan fingerprint density at radius 3 is 2.18 bits per heavy atom. The Bertz CT molecular complexity index is 1150. The minimum absolute atomic E-state index is 0.0122. The highest BCUT2D eigenvalue weighted by Crippen LogP contribution is 2.52. The summed E-state index contributed by atoms with van der Waals surface area (Å²) in [6.07, 6.45) is 2.15. The molecular formula is C25H19NO2. The minimum Gasteiger partial charge on any atom is -0.291 e. The van der Waals surface area contributed by atoms with E-state index in [-0.39, 0.29) is 11.7 Å². The van der Waals surface area contributed by atoms with Gasteiger partial charge in [-0.25, -0.2) is 0 Å². The van der Waals surface area contributed by atoms with Gasteiger partial charge in [-0.2, -0.15) is 0 Å². The van der Waals surface area contributed by atoms with Crippen LogP contribution in [0.2, 0.25) is 0 Å². The van der Waals surface area contributed by atoms with Crippen LogP contribution in [0.15, 0.2) is 84.9 Å². The SMILES string of the molecule is Cc1ccccc1C1=CC(=O)N2c3ccccc3C(=O)[C@@]2(c2ccccc2)C1. The van der Waals surface area contributed by atoms with Gasteiger partial charge in [-0.15, -0.1) is 0 Å². The normalized spacial score (nSPS) is 20.6. The third-order valence-electron chi connectivity index (χ3n) is 5.85. The molecule has 3 nitrogen and oxygen atoms in total. The van der Waals surface area contributed by atoms with Gasteiger partial charge in [-0.05, 0) is 41.3 Å². The first kappa shape index (κ1) is 16.7. The summed E-state index contributed by atoms with van der Waals surface area (Å²) in [6.45, 7) is 2.04. The molecule has 3 aromatic rings. The van der Waals surface area contributed by atoms with E-state index >= 15 is 0 Å². The molecule has 136 valence electrons. The number of anilines is 1. The Labute approximate surface area is 163 Å². The van der Waals surface area contributed by atoms with E-state index in [0.29, 0.717) is 17.7 Å². The first-order valence-corrected chi connectivity index (χ1v) is 9.43. The van der Waals surface area contributed by atoms with Crippen LogP contribution in [-0.4, -0.2) is 11.7 Å². The highest BCUT2D eigenvalue weighted by Gasteiger charge is 2.56. The Hall–Kier alpha value is -3.46. The van der Waals surface area contributed by atoms with Crippen molar-refractivity contribution in [3.05, 3.63) is 107 Å². The van der Waals surface area contributed by atoms with Crippen LogP contribution in [-0.2, 0) is 10.3 Å². The molecule has 0 radical (unpaired) electrons. The first-order valence-electron chi connectivity index (χ1n) is 9.43. The number of amides is 1. The molecule has 2 aliphatic heterocycles. The smallest absolute Gasteiger partial charge is 0.252 e. The van der Waals surface area contributed by atoms with Gasteiger partial charge in [0, 0.05) is 18.1 Å². The second kappa shape index (κ2) is 6.03.